The summed E-state index contributed by atoms with van der Waals surface area (Å²) >= 11 is 0. The quantitative estimate of drug-likeness (QED) is 0.806. The summed E-state index contributed by atoms with van der Waals surface area (Å²) in [6.45, 7) is 2.98. The predicted octanol–water partition coefficient (Wildman–Crippen LogP) is 1.41. The SMILES string of the molecule is Cc1ccc(F)c(C(NCCN(C)C)C(=O)O)c1. The monoisotopic (exact) mass is 254 g/mol. The molecule has 0 aliphatic carbocycles. The molecule has 0 aromatic heterocycles. The molecule has 1 aromatic carbocycles. The first-order valence-electron chi connectivity index (χ1n) is 5.78. The van der Waals surface area contributed by atoms with Crippen LogP contribution in [0, 0.1) is 12.7 Å². The molecular weight excluding hydrogens is 235 g/mol. The number of halogens is 1. The topological polar surface area (TPSA) is 52.6 Å². The number of nitrogens with one attached hydrogen (secondary N) is 1. The van der Waals surface area contributed by atoms with Crippen LogP contribution in [0.2, 0.25) is 0 Å². The Morgan fingerprint density at radius 1 is 1.50 bits per heavy atom. The molecule has 100 valence electrons. The Morgan fingerprint density at radius 2 is 2.17 bits per heavy atom. The van der Waals surface area contributed by atoms with Crippen LogP contribution < -0.4 is 5.32 Å². The van der Waals surface area contributed by atoms with Gasteiger partial charge in [0.1, 0.15) is 11.9 Å². The number of nitrogens with zero attached hydrogens (tertiary/aromatic N) is 1. The number of carbonyl (C=O) groups is 1. The van der Waals surface area contributed by atoms with Crippen molar-refractivity contribution in [1.29, 1.82) is 0 Å². The first-order valence-corrected chi connectivity index (χ1v) is 5.78. The summed E-state index contributed by atoms with van der Waals surface area (Å²) in [6.07, 6.45) is 0. The second-order valence-electron chi connectivity index (χ2n) is 4.55. The van der Waals surface area contributed by atoms with E-state index in [0.29, 0.717) is 13.1 Å². The van der Waals surface area contributed by atoms with Crippen LogP contribution in [0.25, 0.3) is 0 Å². The lowest BCUT2D eigenvalue weighted by Gasteiger charge is -2.17. The Morgan fingerprint density at radius 3 is 2.72 bits per heavy atom. The van der Waals surface area contributed by atoms with Gasteiger partial charge in [0, 0.05) is 18.7 Å². The fourth-order valence-electron chi connectivity index (χ4n) is 1.65. The summed E-state index contributed by atoms with van der Waals surface area (Å²) in [5.41, 5.74) is 1.02. The van der Waals surface area contributed by atoms with Crippen molar-refractivity contribution < 1.29 is 14.3 Å². The van der Waals surface area contributed by atoms with Crippen LogP contribution >= 0.6 is 0 Å². The molecule has 0 aliphatic rings. The van der Waals surface area contributed by atoms with E-state index in [2.05, 4.69) is 5.32 Å². The van der Waals surface area contributed by atoms with E-state index in [1.54, 1.807) is 12.1 Å². The van der Waals surface area contributed by atoms with Gasteiger partial charge in [-0.15, -0.1) is 0 Å². The van der Waals surface area contributed by atoms with Crippen molar-refractivity contribution in [1.82, 2.24) is 10.2 Å². The van der Waals surface area contributed by atoms with Crippen LogP contribution in [0.3, 0.4) is 0 Å². The highest BCUT2D eigenvalue weighted by Gasteiger charge is 2.22. The normalized spacial score (nSPS) is 12.7. The van der Waals surface area contributed by atoms with Gasteiger partial charge in [0.2, 0.25) is 0 Å². The molecule has 1 rings (SSSR count). The molecule has 18 heavy (non-hydrogen) atoms. The largest absolute Gasteiger partial charge is 0.480 e. The molecule has 1 unspecified atom stereocenters. The van der Waals surface area contributed by atoms with Crippen LogP contribution in [0.15, 0.2) is 18.2 Å². The minimum absolute atomic E-state index is 0.182. The average molecular weight is 254 g/mol. The van der Waals surface area contributed by atoms with Gasteiger partial charge in [0.05, 0.1) is 0 Å². The standard InChI is InChI=1S/C13H19FN2O2/c1-9-4-5-11(14)10(8-9)12(13(17)18)15-6-7-16(2)3/h4-5,8,12,15H,6-7H2,1-3H3,(H,17,18). The molecular formula is C13H19FN2O2. The number of rotatable bonds is 6. The van der Waals surface area contributed by atoms with Gasteiger partial charge in [0.25, 0.3) is 0 Å². The van der Waals surface area contributed by atoms with Crippen LogP contribution in [0.4, 0.5) is 4.39 Å². The van der Waals surface area contributed by atoms with Crippen LogP contribution in [-0.4, -0.2) is 43.2 Å². The molecule has 0 bridgehead atoms. The molecule has 0 radical (unpaired) electrons. The van der Waals surface area contributed by atoms with E-state index in [4.69, 9.17) is 5.11 Å². The zero-order valence-corrected chi connectivity index (χ0v) is 10.9. The maximum Gasteiger partial charge on any atom is 0.325 e. The van der Waals surface area contributed by atoms with Gasteiger partial charge in [-0.1, -0.05) is 17.7 Å². The van der Waals surface area contributed by atoms with Crippen LogP contribution in [-0.2, 0) is 4.79 Å². The van der Waals surface area contributed by atoms with Gasteiger partial charge in [0.15, 0.2) is 0 Å². The molecule has 0 saturated carbocycles. The molecule has 0 fully saturated rings. The van der Waals surface area contributed by atoms with Crippen molar-refractivity contribution >= 4 is 5.97 Å². The van der Waals surface area contributed by atoms with Gasteiger partial charge < -0.3 is 10.0 Å². The predicted molar refractivity (Wildman–Crippen MR) is 68.1 cm³/mol. The zero-order valence-electron chi connectivity index (χ0n) is 10.9. The van der Waals surface area contributed by atoms with Crippen molar-refractivity contribution in [2.45, 2.75) is 13.0 Å². The van der Waals surface area contributed by atoms with E-state index in [1.807, 2.05) is 25.9 Å². The zero-order chi connectivity index (χ0) is 13.7. The summed E-state index contributed by atoms with van der Waals surface area (Å²) in [5, 5.41) is 12.0. The fraction of sp³-hybridized carbons (Fsp3) is 0.462. The van der Waals surface area contributed by atoms with Crippen molar-refractivity contribution in [3.8, 4) is 0 Å². The molecule has 0 amide bonds. The highest BCUT2D eigenvalue weighted by Crippen LogP contribution is 2.18. The Labute approximate surface area is 106 Å². The Balaban J connectivity index is 2.84. The highest BCUT2D eigenvalue weighted by atomic mass is 19.1. The second kappa shape index (κ2) is 6.47. The molecule has 0 heterocycles. The van der Waals surface area contributed by atoms with Gasteiger partial charge in [-0.3, -0.25) is 10.1 Å². The van der Waals surface area contributed by atoms with Crippen molar-refractivity contribution in [3.63, 3.8) is 0 Å². The first-order chi connectivity index (χ1) is 8.41. The lowest BCUT2D eigenvalue weighted by molar-refractivity contribution is -0.139. The van der Waals surface area contributed by atoms with Crippen LogP contribution in [0.1, 0.15) is 17.2 Å². The van der Waals surface area contributed by atoms with Crippen molar-refractivity contribution in [3.05, 3.63) is 35.1 Å². The smallest absolute Gasteiger partial charge is 0.325 e. The lowest BCUT2D eigenvalue weighted by Crippen LogP contribution is -2.34. The van der Waals surface area contributed by atoms with E-state index < -0.39 is 17.8 Å². The number of hydrogen-bond acceptors (Lipinski definition) is 3. The number of hydrogen-bond donors (Lipinski definition) is 2. The Bertz CT molecular complexity index is 421. The number of carboxylic acids is 1. The van der Waals surface area contributed by atoms with Crippen molar-refractivity contribution in [2.24, 2.45) is 0 Å². The van der Waals surface area contributed by atoms with Crippen LogP contribution in [0.5, 0.6) is 0 Å². The summed E-state index contributed by atoms with van der Waals surface area (Å²) in [7, 11) is 3.79. The fourth-order valence-corrected chi connectivity index (χ4v) is 1.65. The molecule has 4 nitrogen and oxygen atoms in total. The minimum Gasteiger partial charge on any atom is -0.480 e. The van der Waals surface area contributed by atoms with Gasteiger partial charge >= 0.3 is 5.97 Å². The maximum absolute atomic E-state index is 13.7. The first kappa shape index (κ1) is 14.6. The maximum atomic E-state index is 13.7. The van der Waals surface area contributed by atoms with Crippen molar-refractivity contribution in [2.75, 3.05) is 27.2 Å². The molecule has 0 spiro atoms. The number of aryl methyl sites for hydroxylation is 1. The summed E-state index contributed by atoms with van der Waals surface area (Å²) in [4.78, 5) is 13.1. The molecule has 0 aliphatic heterocycles. The molecule has 1 aromatic rings. The van der Waals surface area contributed by atoms with E-state index >= 15 is 0 Å². The summed E-state index contributed by atoms with van der Waals surface area (Å²) < 4.78 is 13.7. The molecule has 2 N–H and O–H groups in total. The summed E-state index contributed by atoms with van der Waals surface area (Å²) in [6, 6.07) is 3.48. The van der Waals surface area contributed by atoms with E-state index in [0.717, 1.165) is 5.56 Å². The molecule has 0 saturated heterocycles. The number of benzene rings is 1. The summed E-state index contributed by atoms with van der Waals surface area (Å²) in [5.74, 6) is -1.57. The lowest BCUT2D eigenvalue weighted by atomic mass is 10.0. The number of aliphatic carboxylic acids is 1. The highest BCUT2D eigenvalue weighted by molar-refractivity contribution is 5.75. The van der Waals surface area contributed by atoms with Gasteiger partial charge in [-0.05, 0) is 27.1 Å². The number of carboxylic acid groups (broad SMARTS) is 1. The number of likely N-dealkylation sites (N-methyl/N-ethyl adjacent to an activating group) is 1. The minimum atomic E-state index is -1.07. The van der Waals surface area contributed by atoms with Gasteiger partial charge in [-0.25, -0.2) is 4.39 Å². The Kier molecular flexibility index (Phi) is 5.25. The van der Waals surface area contributed by atoms with Gasteiger partial charge in [-0.2, -0.15) is 0 Å². The molecule has 1 atom stereocenters. The van der Waals surface area contributed by atoms with E-state index in [-0.39, 0.29) is 5.56 Å². The second-order valence-corrected chi connectivity index (χ2v) is 4.55. The average Bonchev–Trinajstić information content (AvgIpc) is 2.27. The molecule has 5 heteroatoms. The Hall–Kier alpha value is -1.46. The third-order valence-corrected chi connectivity index (χ3v) is 2.62. The third-order valence-electron chi connectivity index (χ3n) is 2.62. The van der Waals surface area contributed by atoms with E-state index in [9.17, 15) is 9.18 Å². The third kappa shape index (κ3) is 4.09. The van der Waals surface area contributed by atoms with E-state index in [1.165, 1.54) is 6.07 Å².